The van der Waals surface area contributed by atoms with E-state index in [4.69, 9.17) is 0 Å². The lowest BCUT2D eigenvalue weighted by atomic mass is 9.68. The molecule has 1 unspecified atom stereocenters. The highest BCUT2D eigenvalue weighted by molar-refractivity contribution is 9.10. The van der Waals surface area contributed by atoms with Gasteiger partial charge in [-0.05, 0) is 48.1 Å². The molecule has 21 heavy (non-hydrogen) atoms. The van der Waals surface area contributed by atoms with Crippen LogP contribution >= 0.6 is 15.9 Å². The van der Waals surface area contributed by atoms with Crippen molar-refractivity contribution in [1.29, 1.82) is 0 Å². The Balaban J connectivity index is 1.96. The van der Waals surface area contributed by atoms with Crippen LogP contribution in [0.25, 0.3) is 0 Å². The highest BCUT2D eigenvalue weighted by atomic mass is 79.9. The fourth-order valence-electron chi connectivity index (χ4n) is 4.60. The zero-order valence-corrected chi connectivity index (χ0v) is 14.2. The summed E-state index contributed by atoms with van der Waals surface area (Å²) in [5.74, 6) is 0.717. The van der Waals surface area contributed by atoms with Gasteiger partial charge in [-0.15, -0.1) is 0 Å². The van der Waals surface area contributed by atoms with Crippen molar-refractivity contribution in [3.8, 4) is 0 Å². The van der Waals surface area contributed by atoms with Crippen LogP contribution in [0.1, 0.15) is 40.0 Å². The Morgan fingerprint density at radius 1 is 1.38 bits per heavy atom. The Morgan fingerprint density at radius 2 is 2.10 bits per heavy atom. The summed E-state index contributed by atoms with van der Waals surface area (Å²) in [5, 5.41) is 14.8. The molecule has 2 aliphatic rings. The van der Waals surface area contributed by atoms with Crippen LogP contribution in [0, 0.1) is 26.9 Å². The summed E-state index contributed by atoms with van der Waals surface area (Å²) in [6, 6.07) is 5.53. The average molecular weight is 353 g/mol. The van der Waals surface area contributed by atoms with Crippen molar-refractivity contribution < 1.29 is 4.92 Å². The first kappa shape index (κ1) is 14.8. The number of rotatable bonds is 3. The summed E-state index contributed by atoms with van der Waals surface area (Å²) in [7, 11) is 0. The van der Waals surface area contributed by atoms with Crippen molar-refractivity contribution in [1.82, 2.24) is 0 Å². The molecule has 0 amide bonds. The fraction of sp³-hybridized carbons (Fsp3) is 0.625. The van der Waals surface area contributed by atoms with Crippen molar-refractivity contribution in [3.05, 3.63) is 32.8 Å². The van der Waals surface area contributed by atoms with E-state index in [0.717, 1.165) is 10.4 Å². The minimum atomic E-state index is -0.310. The van der Waals surface area contributed by atoms with E-state index in [1.165, 1.54) is 19.3 Å². The van der Waals surface area contributed by atoms with Gasteiger partial charge >= 0.3 is 0 Å². The van der Waals surface area contributed by atoms with Crippen molar-refractivity contribution in [2.45, 2.75) is 46.1 Å². The molecule has 2 saturated carbocycles. The third-order valence-electron chi connectivity index (χ3n) is 5.73. The molecule has 2 bridgehead atoms. The van der Waals surface area contributed by atoms with Crippen LogP contribution in [0.4, 0.5) is 11.4 Å². The highest BCUT2D eigenvalue weighted by Gasteiger charge is 2.59. The molecule has 0 saturated heterocycles. The van der Waals surface area contributed by atoms with Gasteiger partial charge < -0.3 is 5.32 Å². The Morgan fingerprint density at radius 3 is 2.67 bits per heavy atom. The third-order valence-corrected chi connectivity index (χ3v) is 6.22. The monoisotopic (exact) mass is 352 g/mol. The van der Waals surface area contributed by atoms with E-state index in [9.17, 15) is 10.1 Å². The van der Waals surface area contributed by atoms with Crippen molar-refractivity contribution in [2.24, 2.45) is 16.7 Å². The van der Waals surface area contributed by atoms with Crippen molar-refractivity contribution >= 4 is 27.3 Å². The molecule has 0 aromatic heterocycles. The molecule has 4 nitrogen and oxygen atoms in total. The molecule has 0 heterocycles. The van der Waals surface area contributed by atoms with E-state index >= 15 is 0 Å². The number of fused-ring (bicyclic) bond motifs is 2. The predicted octanol–water partition coefficient (Wildman–Crippen LogP) is 4.98. The maximum absolute atomic E-state index is 11.3. The standard InChI is InChI=1S/C16H21BrN2O2/c1-15(2)10-6-7-16(3,9-10)14(15)18-12-5-4-11(17)8-13(12)19(20)21/h4-5,8,10,14,18H,6-7,9H2,1-3H3/t10-,14?,16+/m0/s1. The molecular formula is C16H21BrN2O2. The first-order valence-corrected chi connectivity index (χ1v) is 8.24. The van der Waals surface area contributed by atoms with Gasteiger partial charge in [0.15, 0.2) is 0 Å². The number of anilines is 1. The average Bonchev–Trinajstić information content (AvgIpc) is 2.87. The van der Waals surface area contributed by atoms with Gasteiger partial charge in [0.25, 0.3) is 5.69 Å². The molecule has 2 aliphatic carbocycles. The minimum Gasteiger partial charge on any atom is -0.376 e. The van der Waals surface area contributed by atoms with Crippen molar-refractivity contribution in [3.63, 3.8) is 0 Å². The number of halogens is 1. The van der Waals surface area contributed by atoms with Gasteiger partial charge in [-0.3, -0.25) is 10.1 Å². The number of hydrogen-bond acceptors (Lipinski definition) is 3. The van der Waals surface area contributed by atoms with Crippen LogP contribution in [0.3, 0.4) is 0 Å². The summed E-state index contributed by atoms with van der Waals surface area (Å²) in [6.07, 6.45) is 3.72. The van der Waals surface area contributed by atoms with E-state index < -0.39 is 0 Å². The van der Waals surface area contributed by atoms with Crippen LogP contribution in [-0.4, -0.2) is 11.0 Å². The third kappa shape index (κ3) is 2.26. The lowest BCUT2D eigenvalue weighted by Crippen LogP contribution is -2.45. The minimum absolute atomic E-state index is 0.145. The van der Waals surface area contributed by atoms with Gasteiger partial charge in [-0.2, -0.15) is 0 Å². The molecule has 3 rings (SSSR count). The smallest absolute Gasteiger partial charge is 0.293 e. The van der Waals surface area contributed by atoms with E-state index in [0.29, 0.717) is 5.69 Å². The summed E-state index contributed by atoms with van der Waals surface area (Å²) < 4.78 is 0.734. The van der Waals surface area contributed by atoms with Gasteiger partial charge in [0.1, 0.15) is 5.69 Å². The van der Waals surface area contributed by atoms with Crippen LogP contribution in [0.5, 0.6) is 0 Å². The lowest BCUT2D eigenvalue weighted by molar-refractivity contribution is -0.384. The quantitative estimate of drug-likeness (QED) is 0.616. The molecule has 114 valence electrons. The second-order valence-electron chi connectivity index (χ2n) is 7.41. The Bertz CT molecular complexity index is 597. The number of hydrogen-bond donors (Lipinski definition) is 1. The molecular weight excluding hydrogens is 332 g/mol. The Kier molecular flexibility index (Phi) is 3.32. The first-order chi connectivity index (χ1) is 9.74. The molecule has 2 fully saturated rings. The first-order valence-electron chi connectivity index (χ1n) is 7.44. The summed E-state index contributed by atoms with van der Waals surface area (Å²) in [5.41, 5.74) is 1.20. The molecule has 0 radical (unpaired) electrons. The lowest BCUT2D eigenvalue weighted by Gasteiger charge is -2.43. The largest absolute Gasteiger partial charge is 0.376 e. The highest BCUT2D eigenvalue weighted by Crippen LogP contribution is 2.63. The molecule has 1 aromatic carbocycles. The van der Waals surface area contributed by atoms with Gasteiger partial charge in [0.05, 0.1) is 4.92 Å². The van der Waals surface area contributed by atoms with Crippen LogP contribution in [-0.2, 0) is 0 Å². The van der Waals surface area contributed by atoms with E-state index in [2.05, 4.69) is 42.0 Å². The van der Waals surface area contributed by atoms with Crippen LogP contribution in [0.2, 0.25) is 0 Å². The number of benzene rings is 1. The van der Waals surface area contributed by atoms with Gasteiger partial charge in [0.2, 0.25) is 0 Å². The molecule has 1 aromatic rings. The second kappa shape index (κ2) is 4.70. The number of nitrogens with one attached hydrogen (secondary N) is 1. The Labute approximate surface area is 133 Å². The fourth-order valence-corrected chi connectivity index (χ4v) is 4.94. The molecule has 0 spiro atoms. The van der Waals surface area contributed by atoms with Gasteiger partial charge in [-0.25, -0.2) is 0 Å². The van der Waals surface area contributed by atoms with Gasteiger partial charge in [0, 0.05) is 16.6 Å². The normalized spacial score (nSPS) is 33.1. The number of nitro benzene ring substituents is 1. The van der Waals surface area contributed by atoms with Crippen LogP contribution < -0.4 is 5.32 Å². The number of nitro groups is 1. The second-order valence-corrected chi connectivity index (χ2v) is 8.33. The van der Waals surface area contributed by atoms with Gasteiger partial charge in [-0.1, -0.05) is 36.7 Å². The molecule has 3 atom stereocenters. The maximum atomic E-state index is 11.3. The Hall–Kier alpha value is -1.10. The maximum Gasteiger partial charge on any atom is 0.293 e. The van der Waals surface area contributed by atoms with E-state index in [1.807, 2.05) is 12.1 Å². The summed E-state index contributed by atoms with van der Waals surface area (Å²) in [4.78, 5) is 11.0. The number of nitrogens with zero attached hydrogens (tertiary/aromatic N) is 1. The summed E-state index contributed by atoms with van der Waals surface area (Å²) in [6.45, 7) is 6.92. The zero-order valence-electron chi connectivity index (χ0n) is 12.6. The SMILES string of the molecule is CC1(C)C(Nc2ccc(Br)cc2[N+](=O)[O-])[C@]2(C)CC[C@H]1C2. The predicted molar refractivity (Wildman–Crippen MR) is 87.4 cm³/mol. The molecule has 0 aliphatic heterocycles. The molecule has 5 heteroatoms. The van der Waals surface area contributed by atoms with E-state index in [1.54, 1.807) is 6.07 Å². The van der Waals surface area contributed by atoms with E-state index in [-0.39, 0.29) is 27.5 Å². The zero-order chi connectivity index (χ0) is 15.4. The van der Waals surface area contributed by atoms with Crippen molar-refractivity contribution in [2.75, 3.05) is 5.32 Å². The summed E-state index contributed by atoms with van der Waals surface area (Å²) >= 11 is 3.31. The topological polar surface area (TPSA) is 55.2 Å². The molecule has 1 N–H and O–H groups in total. The van der Waals surface area contributed by atoms with Crippen LogP contribution in [0.15, 0.2) is 22.7 Å².